The maximum atomic E-state index is 2.41. The van der Waals surface area contributed by atoms with Crippen molar-refractivity contribution in [2.75, 3.05) is 0 Å². The Kier molecular flexibility index (Phi) is 4.78. The topological polar surface area (TPSA) is 0 Å². The summed E-state index contributed by atoms with van der Waals surface area (Å²) in [7, 11) is 0. The second-order valence-electron chi connectivity index (χ2n) is 7.92. The lowest BCUT2D eigenvalue weighted by Crippen LogP contribution is -1.87. The third kappa shape index (κ3) is 3.08. The first-order chi connectivity index (χ1) is 13.8. The fourth-order valence-corrected chi connectivity index (χ4v) is 5.63. The van der Waals surface area contributed by atoms with Crippen molar-refractivity contribution in [2.45, 2.75) is 45.4 Å². The second-order valence-corrected chi connectivity index (χ2v) is 9.00. The molecule has 0 N–H and O–H groups in total. The monoisotopic (exact) mass is 382 g/mol. The molecule has 0 bridgehead atoms. The predicted octanol–water partition coefficient (Wildman–Crippen LogP) is 8.87. The zero-order valence-electron chi connectivity index (χ0n) is 16.5. The van der Waals surface area contributed by atoms with Crippen LogP contribution in [0.3, 0.4) is 0 Å². The van der Waals surface area contributed by atoms with E-state index in [9.17, 15) is 0 Å². The number of rotatable bonds is 6. The van der Waals surface area contributed by atoms with Crippen molar-refractivity contribution < 1.29 is 0 Å². The first kappa shape index (κ1) is 17.7. The van der Waals surface area contributed by atoms with Crippen LogP contribution < -0.4 is 0 Å². The highest BCUT2D eigenvalue weighted by Crippen LogP contribution is 2.40. The van der Waals surface area contributed by atoms with Crippen LogP contribution in [-0.2, 0) is 6.42 Å². The Morgan fingerprint density at radius 3 is 2.39 bits per heavy atom. The van der Waals surface area contributed by atoms with Gasteiger partial charge in [-0.05, 0) is 52.1 Å². The quantitative estimate of drug-likeness (QED) is 0.203. The van der Waals surface area contributed by atoms with Gasteiger partial charge in [0.1, 0.15) is 0 Å². The molecule has 0 spiro atoms. The number of hydrogen-bond acceptors (Lipinski definition) is 1. The van der Waals surface area contributed by atoms with Crippen LogP contribution in [0.15, 0.2) is 66.7 Å². The summed E-state index contributed by atoms with van der Waals surface area (Å²) in [5.74, 6) is 0. The average molecular weight is 383 g/mol. The van der Waals surface area contributed by atoms with Crippen molar-refractivity contribution >= 4 is 53.1 Å². The summed E-state index contributed by atoms with van der Waals surface area (Å²) in [6, 6.07) is 25.2. The van der Waals surface area contributed by atoms with Gasteiger partial charge in [-0.2, -0.15) is 0 Å². The summed E-state index contributed by atoms with van der Waals surface area (Å²) in [6.45, 7) is 2.28. The number of thiophene rings is 1. The van der Waals surface area contributed by atoms with Gasteiger partial charge in [-0.15, -0.1) is 11.3 Å². The van der Waals surface area contributed by atoms with Crippen LogP contribution in [0.5, 0.6) is 0 Å². The summed E-state index contributed by atoms with van der Waals surface area (Å²) < 4.78 is 2.76. The molecule has 1 aromatic heterocycles. The Balaban J connectivity index is 1.57. The van der Waals surface area contributed by atoms with E-state index < -0.39 is 0 Å². The van der Waals surface area contributed by atoms with Gasteiger partial charge in [0.05, 0.1) is 0 Å². The van der Waals surface area contributed by atoms with E-state index in [1.54, 1.807) is 0 Å². The van der Waals surface area contributed by atoms with Crippen LogP contribution in [0.25, 0.3) is 41.7 Å². The zero-order chi connectivity index (χ0) is 18.9. The molecule has 0 nitrogen and oxygen atoms in total. The molecule has 28 heavy (non-hydrogen) atoms. The average Bonchev–Trinajstić information content (AvgIpc) is 3.12. The maximum Gasteiger partial charge on any atom is 0.0361 e. The fraction of sp³-hybridized carbons (Fsp3) is 0.259. The molecule has 0 unspecified atom stereocenters. The Bertz CT molecular complexity index is 1280. The summed E-state index contributed by atoms with van der Waals surface area (Å²) in [6.07, 6.45) is 7.92. The van der Waals surface area contributed by atoms with E-state index >= 15 is 0 Å². The van der Waals surface area contributed by atoms with Gasteiger partial charge in [-0.25, -0.2) is 0 Å². The lowest BCUT2D eigenvalue weighted by molar-refractivity contribution is 0.632. The molecule has 0 saturated carbocycles. The number of aryl methyl sites for hydroxylation is 1. The van der Waals surface area contributed by atoms with Gasteiger partial charge in [0, 0.05) is 20.2 Å². The van der Waals surface area contributed by atoms with Crippen LogP contribution in [-0.4, -0.2) is 0 Å². The largest absolute Gasteiger partial charge is 0.135 e. The van der Waals surface area contributed by atoms with Gasteiger partial charge in [0.2, 0.25) is 0 Å². The molecular formula is C27H26S. The molecule has 0 aliphatic rings. The number of unbranched alkanes of at least 4 members (excludes halogenated alkanes) is 4. The minimum atomic E-state index is 1.20. The molecule has 0 saturated heterocycles. The molecule has 0 amide bonds. The van der Waals surface area contributed by atoms with Crippen molar-refractivity contribution in [3.05, 3.63) is 72.3 Å². The third-order valence-electron chi connectivity index (χ3n) is 5.99. The summed E-state index contributed by atoms with van der Waals surface area (Å²) in [5, 5.41) is 8.32. The molecule has 5 rings (SSSR count). The van der Waals surface area contributed by atoms with E-state index in [1.807, 2.05) is 11.3 Å². The van der Waals surface area contributed by atoms with E-state index in [4.69, 9.17) is 0 Å². The summed E-state index contributed by atoms with van der Waals surface area (Å²) in [4.78, 5) is 0. The molecule has 0 fully saturated rings. The molecule has 0 aliphatic heterocycles. The third-order valence-corrected chi connectivity index (χ3v) is 7.12. The van der Waals surface area contributed by atoms with Crippen molar-refractivity contribution in [3.63, 3.8) is 0 Å². The van der Waals surface area contributed by atoms with Crippen LogP contribution in [0.2, 0.25) is 0 Å². The normalized spacial score (nSPS) is 11.9. The highest BCUT2D eigenvalue weighted by Gasteiger charge is 2.10. The Labute approximate surface area is 170 Å². The Morgan fingerprint density at radius 1 is 0.643 bits per heavy atom. The molecule has 0 atom stereocenters. The fourth-order valence-electron chi connectivity index (χ4n) is 4.51. The van der Waals surface area contributed by atoms with Gasteiger partial charge in [0.25, 0.3) is 0 Å². The van der Waals surface area contributed by atoms with E-state index in [0.29, 0.717) is 0 Å². The smallest absolute Gasteiger partial charge is 0.0361 e. The van der Waals surface area contributed by atoms with Crippen molar-refractivity contribution in [3.8, 4) is 0 Å². The Morgan fingerprint density at radius 2 is 1.46 bits per heavy atom. The lowest BCUT2D eigenvalue weighted by atomic mass is 9.96. The van der Waals surface area contributed by atoms with Gasteiger partial charge in [-0.3, -0.25) is 0 Å². The van der Waals surface area contributed by atoms with Gasteiger partial charge in [0.15, 0.2) is 0 Å². The van der Waals surface area contributed by atoms with Gasteiger partial charge >= 0.3 is 0 Å². The SMILES string of the molecule is CCCCCCCc1ccc2c(ccc3c2ccc2sc4ccccc4c23)c1. The van der Waals surface area contributed by atoms with E-state index in [2.05, 4.69) is 73.7 Å². The standard InChI is InChI=1S/C27H26S/c1-2-3-4-5-6-9-19-12-14-21-20(18-19)13-15-23-22(21)16-17-26-27(23)24-10-7-8-11-25(24)28-26/h7-8,10-18H,2-6,9H2,1H3. The zero-order valence-corrected chi connectivity index (χ0v) is 17.3. The van der Waals surface area contributed by atoms with Crippen molar-refractivity contribution in [2.24, 2.45) is 0 Å². The highest BCUT2D eigenvalue weighted by atomic mass is 32.1. The van der Waals surface area contributed by atoms with E-state index in [0.717, 1.165) is 0 Å². The minimum absolute atomic E-state index is 1.20. The Hall–Kier alpha value is -2.38. The molecule has 0 radical (unpaired) electrons. The minimum Gasteiger partial charge on any atom is -0.135 e. The first-order valence-corrected chi connectivity index (χ1v) is 11.4. The van der Waals surface area contributed by atoms with Crippen LogP contribution in [0.4, 0.5) is 0 Å². The molecule has 140 valence electrons. The predicted molar refractivity (Wildman–Crippen MR) is 127 cm³/mol. The number of benzene rings is 4. The number of hydrogen-bond donors (Lipinski definition) is 0. The summed E-state index contributed by atoms with van der Waals surface area (Å²) >= 11 is 1.90. The second kappa shape index (κ2) is 7.56. The van der Waals surface area contributed by atoms with Crippen LogP contribution in [0, 0.1) is 0 Å². The van der Waals surface area contributed by atoms with E-state index in [-0.39, 0.29) is 0 Å². The van der Waals surface area contributed by atoms with Crippen LogP contribution >= 0.6 is 11.3 Å². The molecule has 4 aromatic carbocycles. The van der Waals surface area contributed by atoms with E-state index in [1.165, 1.54) is 85.8 Å². The lowest BCUT2D eigenvalue weighted by Gasteiger charge is -2.08. The van der Waals surface area contributed by atoms with Gasteiger partial charge in [-0.1, -0.05) is 87.2 Å². The first-order valence-electron chi connectivity index (χ1n) is 10.6. The van der Waals surface area contributed by atoms with Crippen LogP contribution in [0.1, 0.15) is 44.6 Å². The molecule has 1 heteroatoms. The molecular weight excluding hydrogens is 356 g/mol. The molecule has 5 aromatic rings. The number of fused-ring (bicyclic) bond motifs is 7. The van der Waals surface area contributed by atoms with Crippen molar-refractivity contribution in [1.29, 1.82) is 0 Å². The molecule has 0 aliphatic carbocycles. The molecule has 1 heterocycles. The summed E-state index contributed by atoms with van der Waals surface area (Å²) in [5.41, 5.74) is 1.48. The van der Waals surface area contributed by atoms with Gasteiger partial charge < -0.3 is 0 Å². The maximum absolute atomic E-state index is 2.41. The highest BCUT2D eigenvalue weighted by molar-refractivity contribution is 7.26. The van der Waals surface area contributed by atoms with Crippen molar-refractivity contribution in [1.82, 2.24) is 0 Å².